The van der Waals surface area contributed by atoms with Gasteiger partial charge in [-0.25, -0.2) is 8.42 Å². The smallest absolute Gasteiger partial charge is 0.235 e. The average Bonchev–Trinajstić information content (AvgIpc) is 2.86. The summed E-state index contributed by atoms with van der Waals surface area (Å²) in [5.74, 6) is 0.397. The highest BCUT2D eigenvalue weighted by molar-refractivity contribution is 7.93. The third kappa shape index (κ3) is 2.69. The maximum absolute atomic E-state index is 12.1. The van der Waals surface area contributed by atoms with E-state index in [4.69, 9.17) is 4.74 Å². The normalized spacial score (nSPS) is 16.7. The van der Waals surface area contributed by atoms with Crippen molar-refractivity contribution < 1.29 is 18.3 Å². The number of phenols is 1. The highest BCUT2D eigenvalue weighted by Crippen LogP contribution is 2.31. The SMILES string of the molecule is COc1ccc(O)c(NS(=O)(=O)C2CCCC2)c1. The number of phenolic OH excluding ortho intramolecular Hbond substituents is 1. The number of anilines is 1. The summed E-state index contributed by atoms with van der Waals surface area (Å²) in [5, 5.41) is 9.30. The zero-order valence-corrected chi connectivity index (χ0v) is 11.0. The third-order valence-electron chi connectivity index (χ3n) is 3.20. The van der Waals surface area contributed by atoms with Gasteiger partial charge >= 0.3 is 0 Å². The van der Waals surface area contributed by atoms with Gasteiger partial charge in [-0.3, -0.25) is 4.72 Å². The van der Waals surface area contributed by atoms with Gasteiger partial charge in [0.25, 0.3) is 0 Å². The number of methoxy groups -OCH3 is 1. The van der Waals surface area contributed by atoms with E-state index in [0.717, 1.165) is 12.8 Å². The summed E-state index contributed by atoms with van der Waals surface area (Å²) in [6.45, 7) is 0. The van der Waals surface area contributed by atoms with Crippen LogP contribution in [-0.4, -0.2) is 25.9 Å². The predicted molar refractivity (Wildman–Crippen MR) is 69.5 cm³/mol. The van der Waals surface area contributed by atoms with Gasteiger partial charge in [0.1, 0.15) is 11.5 Å². The van der Waals surface area contributed by atoms with Crippen LogP contribution in [0.2, 0.25) is 0 Å². The lowest BCUT2D eigenvalue weighted by Crippen LogP contribution is -2.25. The fourth-order valence-corrected chi connectivity index (χ4v) is 3.75. The van der Waals surface area contributed by atoms with E-state index in [-0.39, 0.29) is 16.7 Å². The molecule has 0 unspecified atom stereocenters. The van der Waals surface area contributed by atoms with Crippen molar-refractivity contribution in [3.8, 4) is 11.5 Å². The van der Waals surface area contributed by atoms with Crippen LogP contribution in [0.15, 0.2) is 18.2 Å². The summed E-state index contributed by atoms with van der Waals surface area (Å²) in [6.07, 6.45) is 3.24. The summed E-state index contributed by atoms with van der Waals surface area (Å²) >= 11 is 0. The van der Waals surface area contributed by atoms with Gasteiger partial charge in [-0.1, -0.05) is 12.8 Å². The van der Waals surface area contributed by atoms with Gasteiger partial charge in [0.05, 0.1) is 18.0 Å². The van der Waals surface area contributed by atoms with Crippen molar-refractivity contribution in [2.75, 3.05) is 11.8 Å². The zero-order chi connectivity index (χ0) is 13.2. The minimum Gasteiger partial charge on any atom is -0.506 e. The molecule has 1 saturated carbocycles. The van der Waals surface area contributed by atoms with Crippen molar-refractivity contribution in [1.29, 1.82) is 0 Å². The Kier molecular flexibility index (Phi) is 3.65. The maximum Gasteiger partial charge on any atom is 0.235 e. The monoisotopic (exact) mass is 271 g/mol. The number of hydrogen-bond donors (Lipinski definition) is 2. The van der Waals surface area contributed by atoms with E-state index in [1.807, 2.05) is 0 Å². The fourth-order valence-electron chi connectivity index (χ4n) is 2.16. The fraction of sp³-hybridized carbons (Fsp3) is 0.500. The average molecular weight is 271 g/mol. The van der Waals surface area contributed by atoms with E-state index in [9.17, 15) is 13.5 Å². The van der Waals surface area contributed by atoms with E-state index >= 15 is 0 Å². The number of sulfonamides is 1. The number of nitrogens with one attached hydrogen (secondary N) is 1. The van der Waals surface area contributed by atoms with Crippen LogP contribution < -0.4 is 9.46 Å². The molecule has 1 aromatic rings. The maximum atomic E-state index is 12.1. The van der Waals surface area contributed by atoms with Crippen LogP contribution in [0.3, 0.4) is 0 Å². The molecule has 0 bridgehead atoms. The minimum atomic E-state index is -3.43. The summed E-state index contributed by atoms with van der Waals surface area (Å²) in [5.41, 5.74) is 0.168. The molecule has 1 aliphatic carbocycles. The third-order valence-corrected chi connectivity index (χ3v) is 5.05. The lowest BCUT2D eigenvalue weighted by atomic mass is 10.3. The molecule has 0 aromatic heterocycles. The van der Waals surface area contributed by atoms with Crippen molar-refractivity contribution in [2.45, 2.75) is 30.9 Å². The van der Waals surface area contributed by atoms with Gasteiger partial charge in [0, 0.05) is 6.07 Å². The highest BCUT2D eigenvalue weighted by atomic mass is 32.2. The summed E-state index contributed by atoms with van der Waals surface area (Å²) in [7, 11) is -1.94. The molecule has 5 nitrogen and oxygen atoms in total. The van der Waals surface area contributed by atoms with Gasteiger partial charge < -0.3 is 9.84 Å². The molecular formula is C12H17NO4S. The van der Waals surface area contributed by atoms with Gasteiger partial charge in [-0.2, -0.15) is 0 Å². The molecule has 0 saturated heterocycles. The zero-order valence-electron chi connectivity index (χ0n) is 10.2. The number of hydrogen-bond acceptors (Lipinski definition) is 4. The van der Waals surface area contributed by atoms with Crippen molar-refractivity contribution in [3.05, 3.63) is 18.2 Å². The second kappa shape index (κ2) is 5.06. The van der Waals surface area contributed by atoms with Gasteiger partial charge in [-0.05, 0) is 25.0 Å². The molecule has 2 rings (SSSR count). The van der Waals surface area contributed by atoms with Crippen LogP contribution in [0, 0.1) is 0 Å². The van der Waals surface area contributed by atoms with Crippen LogP contribution in [0.25, 0.3) is 0 Å². The molecule has 6 heteroatoms. The van der Waals surface area contributed by atoms with Crippen LogP contribution in [0.4, 0.5) is 5.69 Å². The summed E-state index contributed by atoms with van der Waals surface area (Å²) < 4.78 is 31.6. The van der Waals surface area contributed by atoms with Crippen molar-refractivity contribution >= 4 is 15.7 Å². The van der Waals surface area contributed by atoms with Crippen LogP contribution in [0.1, 0.15) is 25.7 Å². The first kappa shape index (κ1) is 13.0. The molecule has 100 valence electrons. The molecule has 0 atom stereocenters. The Balaban J connectivity index is 2.22. The molecule has 0 radical (unpaired) electrons. The van der Waals surface area contributed by atoms with E-state index in [1.54, 1.807) is 6.07 Å². The van der Waals surface area contributed by atoms with Crippen molar-refractivity contribution in [1.82, 2.24) is 0 Å². The molecular weight excluding hydrogens is 254 g/mol. The van der Waals surface area contributed by atoms with E-state index < -0.39 is 10.0 Å². The number of benzene rings is 1. The molecule has 1 fully saturated rings. The molecule has 0 amide bonds. The van der Waals surface area contributed by atoms with Gasteiger partial charge in [0.15, 0.2) is 0 Å². The highest BCUT2D eigenvalue weighted by Gasteiger charge is 2.29. The van der Waals surface area contributed by atoms with Crippen LogP contribution >= 0.6 is 0 Å². The van der Waals surface area contributed by atoms with E-state index in [0.29, 0.717) is 18.6 Å². The Labute approximate surface area is 107 Å². The quantitative estimate of drug-likeness (QED) is 0.822. The molecule has 2 N–H and O–H groups in total. The Hall–Kier alpha value is -1.43. The summed E-state index contributed by atoms with van der Waals surface area (Å²) in [6, 6.07) is 4.45. The molecule has 18 heavy (non-hydrogen) atoms. The lowest BCUT2D eigenvalue weighted by Gasteiger charge is -2.14. The number of ether oxygens (including phenoxy) is 1. The Morgan fingerprint density at radius 2 is 2.00 bits per heavy atom. The number of aromatic hydroxyl groups is 1. The lowest BCUT2D eigenvalue weighted by molar-refractivity contribution is 0.413. The van der Waals surface area contributed by atoms with Crippen LogP contribution in [-0.2, 0) is 10.0 Å². The topological polar surface area (TPSA) is 75.6 Å². The number of rotatable bonds is 4. The van der Waals surface area contributed by atoms with E-state index in [2.05, 4.69) is 4.72 Å². The Bertz CT molecular complexity index is 521. The predicted octanol–water partition coefficient (Wildman–Crippen LogP) is 2.09. The minimum absolute atomic E-state index is 0.0997. The molecule has 0 heterocycles. The van der Waals surface area contributed by atoms with Gasteiger partial charge in [0.2, 0.25) is 10.0 Å². The van der Waals surface area contributed by atoms with Crippen molar-refractivity contribution in [2.24, 2.45) is 0 Å². The largest absolute Gasteiger partial charge is 0.506 e. The standard InChI is InChI=1S/C12H17NO4S/c1-17-9-6-7-12(14)11(8-9)13-18(15,16)10-4-2-3-5-10/h6-8,10,13-14H,2-5H2,1H3. The second-order valence-corrected chi connectivity index (χ2v) is 6.40. The Morgan fingerprint density at radius 3 is 2.61 bits per heavy atom. The first-order chi connectivity index (χ1) is 8.53. The molecule has 0 spiro atoms. The first-order valence-corrected chi connectivity index (χ1v) is 7.46. The van der Waals surface area contributed by atoms with E-state index in [1.165, 1.54) is 19.2 Å². The second-order valence-electron chi connectivity index (χ2n) is 4.44. The van der Waals surface area contributed by atoms with Crippen LogP contribution in [0.5, 0.6) is 11.5 Å². The first-order valence-electron chi connectivity index (χ1n) is 5.91. The van der Waals surface area contributed by atoms with Gasteiger partial charge in [-0.15, -0.1) is 0 Å². The van der Waals surface area contributed by atoms with Crippen molar-refractivity contribution in [3.63, 3.8) is 0 Å². The molecule has 1 aliphatic rings. The molecule has 0 aliphatic heterocycles. The summed E-state index contributed by atoms with van der Waals surface area (Å²) in [4.78, 5) is 0. The Morgan fingerprint density at radius 1 is 1.33 bits per heavy atom. The molecule has 1 aromatic carbocycles.